The molecule has 2 atom stereocenters. The topological polar surface area (TPSA) is 106 Å². The van der Waals surface area contributed by atoms with Crippen molar-refractivity contribution in [2.45, 2.75) is 45.0 Å². The van der Waals surface area contributed by atoms with Gasteiger partial charge in [0, 0.05) is 6.54 Å². The van der Waals surface area contributed by atoms with E-state index in [1.54, 1.807) is 32.9 Å². The van der Waals surface area contributed by atoms with Crippen molar-refractivity contribution in [3.63, 3.8) is 0 Å². The first-order chi connectivity index (χ1) is 12.1. The van der Waals surface area contributed by atoms with Crippen LogP contribution >= 0.6 is 0 Å². The van der Waals surface area contributed by atoms with Crippen molar-refractivity contribution in [1.82, 2.24) is 5.32 Å². The predicted octanol–water partition coefficient (Wildman–Crippen LogP) is 2.02. The van der Waals surface area contributed by atoms with Gasteiger partial charge in [0.15, 0.2) is 11.5 Å². The summed E-state index contributed by atoms with van der Waals surface area (Å²) in [5.74, 6) is 1.15. The number of amides is 1. The van der Waals surface area contributed by atoms with E-state index in [0.717, 1.165) is 0 Å². The minimum atomic E-state index is -1.19. The van der Waals surface area contributed by atoms with E-state index in [4.69, 9.17) is 18.9 Å². The van der Waals surface area contributed by atoms with Crippen LogP contribution in [0.2, 0.25) is 0 Å². The molecule has 0 radical (unpaired) electrons. The number of aliphatic hydroxyl groups is 2. The molecule has 0 saturated heterocycles. The maximum Gasteiger partial charge on any atom is 0.407 e. The first-order valence-corrected chi connectivity index (χ1v) is 8.25. The maximum atomic E-state index is 11.6. The second kappa shape index (κ2) is 9.49. The standard InChI is InChI=1S/C18H29NO7/c1-18(2,3)26-17(22)19-8-7-12(20)15(21)11-9-13(23-4)16(25-6)14(10-11)24-5/h9-10,12,15,20-21H,7-8H2,1-6H3,(H,19,22). The molecular formula is C18H29NO7. The van der Waals surface area contributed by atoms with Gasteiger partial charge in [0.1, 0.15) is 11.7 Å². The van der Waals surface area contributed by atoms with Crippen molar-refractivity contribution in [1.29, 1.82) is 0 Å². The Morgan fingerprint density at radius 2 is 1.62 bits per heavy atom. The number of benzene rings is 1. The summed E-state index contributed by atoms with van der Waals surface area (Å²) in [5, 5.41) is 23.2. The molecule has 8 heteroatoms. The summed E-state index contributed by atoms with van der Waals surface area (Å²) in [5.41, 5.74) is -0.192. The average molecular weight is 371 g/mol. The van der Waals surface area contributed by atoms with E-state index in [2.05, 4.69) is 5.32 Å². The number of alkyl carbamates (subject to hydrolysis) is 1. The lowest BCUT2D eigenvalue weighted by molar-refractivity contribution is 0.0121. The molecular weight excluding hydrogens is 342 g/mol. The van der Waals surface area contributed by atoms with E-state index in [-0.39, 0.29) is 13.0 Å². The molecule has 0 aliphatic rings. The van der Waals surface area contributed by atoms with E-state index in [1.165, 1.54) is 21.3 Å². The molecule has 0 aliphatic heterocycles. The van der Waals surface area contributed by atoms with Gasteiger partial charge in [-0.3, -0.25) is 0 Å². The van der Waals surface area contributed by atoms with E-state index >= 15 is 0 Å². The smallest absolute Gasteiger partial charge is 0.407 e. The summed E-state index contributed by atoms with van der Waals surface area (Å²) in [6, 6.07) is 3.13. The van der Waals surface area contributed by atoms with Gasteiger partial charge in [-0.2, -0.15) is 0 Å². The van der Waals surface area contributed by atoms with Crippen LogP contribution in [0.25, 0.3) is 0 Å². The van der Waals surface area contributed by atoms with E-state index in [1.807, 2.05) is 0 Å². The van der Waals surface area contributed by atoms with Crippen LogP contribution in [0.5, 0.6) is 17.2 Å². The molecule has 0 saturated carbocycles. The highest BCUT2D eigenvalue weighted by molar-refractivity contribution is 5.67. The zero-order chi connectivity index (χ0) is 19.9. The van der Waals surface area contributed by atoms with E-state index < -0.39 is 23.9 Å². The van der Waals surface area contributed by atoms with Crippen LogP contribution in [0.15, 0.2) is 12.1 Å². The van der Waals surface area contributed by atoms with Crippen LogP contribution in [0.1, 0.15) is 38.9 Å². The number of aliphatic hydroxyl groups excluding tert-OH is 2. The molecule has 148 valence electrons. The number of methoxy groups -OCH3 is 3. The first kappa shape index (κ1) is 21.9. The van der Waals surface area contributed by atoms with Crippen LogP contribution in [0.3, 0.4) is 0 Å². The molecule has 0 spiro atoms. The molecule has 0 aromatic heterocycles. The number of carbonyl (C=O) groups excluding carboxylic acids is 1. The van der Waals surface area contributed by atoms with Gasteiger partial charge in [-0.1, -0.05) is 0 Å². The third kappa shape index (κ3) is 6.27. The SMILES string of the molecule is COc1cc(C(O)C(O)CCNC(=O)OC(C)(C)C)cc(OC)c1OC. The molecule has 1 rings (SSSR count). The van der Waals surface area contributed by atoms with Crippen molar-refractivity contribution in [2.75, 3.05) is 27.9 Å². The third-order valence-corrected chi connectivity index (χ3v) is 3.50. The number of rotatable bonds is 8. The Morgan fingerprint density at radius 1 is 1.08 bits per heavy atom. The Kier molecular flexibility index (Phi) is 7.98. The number of ether oxygens (including phenoxy) is 4. The number of nitrogens with one attached hydrogen (secondary N) is 1. The van der Waals surface area contributed by atoms with Crippen molar-refractivity contribution in [2.24, 2.45) is 0 Å². The Balaban J connectivity index is 2.73. The average Bonchev–Trinajstić information content (AvgIpc) is 2.57. The summed E-state index contributed by atoms with van der Waals surface area (Å²) >= 11 is 0. The Bertz CT molecular complexity index is 573. The van der Waals surface area contributed by atoms with Gasteiger partial charge in [-0.15, -0.1) is 0 Å². The monoisotopic (exact) mass is 371 g/mol. The molecule has 3 N–H and O–H groups in total. The highest BCUT2D eigenvalue weighted by atomic mass is 16.6. The summed E-state index contributed by atoms with van der Waals surface area (Å²) < 4.78 is 20.8. The molecule has 1 amide bonds. The molecule has 0 bridgehead atoms. The molecule has 0 heterocycles. The lowest BCUT2D eigenvalue weighted by Crippen LogP contribution is -2.34. The van der Waals surface area contributed by atoms with Gasteiger partial charge in [-0.05, 0) is 44.9 Å². The van der Waals surface area contributed by atoms with Crippen molar-refractivity contribution in [3.05, 3.63) is 17.7 Å². The molecule has 26 heavy (non-hydrogen) atoms. The molecule has 1 aromatic rings. The molecule has 0 fully saturated rings. The first-order valence-electron chi connectivity index (χ1n) is 8.25. The van der Waals surface area contributed by atoms with E-state index in [0.29, 0.717) is 22.8 Å². The van der Waals surface area contributed by atoms with Gasteiger partial charge in [0.05, 0.1) is 27.4 Å². The van der Waals surface area contributed by atoms with Crippen molar-refractivity contribution in [3.8, 4) is 17.2 Å². The van der Waals surface area contributed by atoms with Crippen LogP contribution < -0.4 is 19.5 Å². The largest absolute Gasteiger partial charge is 0.493 e. The lowest BCUT2D eigenvalue weighted by atomic mass is 10.0. The van der Waals surface area contributed by atoms with E-state index in [9.17, 15) is 15.0 Å². The number of carbonyl (C=O) groups is 1. The normalized spacial score (nSPS) is 13.5. The van der Waals surface area contributed by atoms with Gasteiger partial charge in [-0.25, -0.2) is 4.79 Å². The van der Waals surface area contributed by atoms with Gasteiger partial charge in [0.2, 0.25) is 5.75 Å². The minimum Gasteiger partial charge on any atom is -0.493 e. The Hall–Kier alpha value is -2.19. The van der Waals surface area contributed by atoms with Gasteiger partial charge in [0.25, 0.3) is 0 Å². The van der Waals surface area contributed by atoms with Gasteiger partial charge >= 0.3 is 6.09 Å². The quantitative estimate of drug-likeness (QED) is 0.642. The zero-order valence-corrected chi connectivity index (χ0v) is 16.2. The highest BCUT2D eigenvalue weighted by Crippen LogP contribution is 2.40. The fourth-order valence-corrected chi connectivity index (χ4v) is 2.29. The van der Waals surface area contributed by atoms with Gasteiger partial charge < -0.3 is 34.5 Å². The van der Waals surface area contributed by atoms with Crippen LogP contribution in [0.4, 0.5) is 4.79 Å². The van der Waals surface area contributed by atoms with Crippen molar-refractivity contribution >= 4 is 6.09 Å². The summed E-state index contributed by atoms with van der Waals surface area (Å²) in [6.07, 6.45) is -2.74. The minimum absolute atomic E-state index is 0.136. The maximum absolute atomic E-state index is 11.6. The molecule has 2 unspecified atom stereocenters. The molecule has 0 aliphatic carbocycles. The predicted molar refractivity (Wildman–Crippen MR) is 95.9 cm³/mol. The summed E-state index contributed by atoms with van der Waals surface area (Å²) in [4.78, 5) is 11.6. The molecule has 8 nitrogen and oxygen atoms in total. The zero-order valence-electron chi connectivity index (χ0n) is 16.2. The Labute approximate surface area is 154 Å². The second-order valence-electron chi connectivity index (χ2n) is 6.69. The third-order valence-electron chi connectivity index (χ3n) is 3.50. The Morgan fingerprint density at radius 3 is 2.04 bits per heavy atom. The van der Waals surface area contributed by atoms with Crippen molar-refractivity contribution < 1.29 is 34.0 Å². The highest BCUT2D eigenvalue weighted by Gasteiger charge is 2.23. The number of hydrogen-bond donors (Lipinski definition) is 3. The second-order valence-corrected chi connectivity index (χ2v) is 6.69. The number of hydrogen-bond acceptors (Lipinski definition) is 7. The van der Waals surface area contributed by atoms with Crippen LogP contribution in [0, 0.1) is 0 Å². The molecule has 1 aromatic carbocycles. The fraction of sp³-hybridized carbons (Fsp3) is 0.611. The summed E-state index contributed by atoms with van der Waals surface area (Å²) in [6.45, 7) is 5.43. The lowest BCUT2D eigenvalue weighted by Gasteiger charge is -2.22. The summed E-state index contributed by atoms with van der Waals surface area (Å²) in [7, 11) is 4.41. The fourth-order valence-electron chi connectivity index (χ4n) is 2.29. The van der Waals surface area contributed by atoms with Crippen LogP contribution in [-0.2, 0) is 4.74 Å². The van der Waals surface area contributed by atoms with Crippen LogP contribution in [-0.4, -0.2) is 55.9 Å².